The van der Waals surface area contributed by atoms with E-state index in [1.54, 1.807) is 18.4 Å². The fraction of sp³-hybridized carbons (Fsp3) is 0.286. The molecule has 1 unspecified atom stereocenters. The number of benzene rings is 1. The average Bonchev–Trinajstić information content (AvgIpc) is 2.81. The first kappa shape index (κ1) is 14.5. The molecule has 19 heavy (non-hydrogen) atoms. The van der Waals surface area contributed by atoms with E-state index in [4.69, 9.17) is 10.6 Å². The average molecular weight is 341 g/mol. The van der Waals surface area contributed by atoms with Gasteiger partial charge in [-0.15, -0.1) is 11.3 Å². The molecule has 0 saturated heterocycles. The van der Waals surface area contributed by atoms with Crippen molar-refractivity contribution in [2.24, 2.45) is 5.84 Å². The van der Waals surface area contributed by atoms with E-state index >= 15 is 0 Å². The van der Waals surface area contributed by atoms with Crippen molar-refractivity contribution in [2.45, 2.75) is 19.4 Å². The second-order valence-corrected chi connectivity index (χ2v) is 6.30. The number of hydrogen-bond acceptors (Lipinski definition) is 4. The Morgan fingerprint density at radius 1 is 1.42 bits per heavy atom. The summed E-state index contributed by atoms with van der Waals surface area (Å²) in [6, 6.07) is 8.39. The number of nitrogens with one attached hydrogen (secondary N) is 1. The van der Waals surface area contributed by atoms with Crippen molar-refractivity contribution in [3.63, 3.8) is 0 Å². The van der Waals surface area contributed by atoms with Crippen LogP contribution >= 0.6 is 27.3 Å². The van der Waals surface area contributed by atoms with Crippen LogP contribution in [-0.4, -0.2) is 7.11 Å². The summed E-state index contributed by atoms with van der Waals surface area (Å²) in [5.74, 6) is 6.59. The fourth-order valence-corrected chi connectivity index (χ4v) is 3.55. The fourth-order valence-electron chi connectivity index (χ4n) is 2.05. The molecule has 0 aliphatic carbocycles. The number of nitrogens with two attached hydrogens (primary N) is 1. The van der Waals surface area contributed by atoms with E-state index in [9.17, 15) is 0 Å². The second-order valence-electron chi connectivity index (χ2n) is 4.38. The molecule has 0 radical (unpaired) electrons. The van der Waals surface area contributed by atoms with E-state index in [0.29, 0.717) is 0 Å². The van der Waals surface area contributed by atoms with Crippen molar-refractivity contribution in [3.8, 4) is 5.75 Å². The quantitative estimate of drug-likeness (QED) is 0.646. The van der Waals surface area contributed by atoms with E-state index in [1.807, 2.05) is 13.0 Å². The highest BCUT2D eigenvalue weighted by Gasteiger charge is 2.13. The van der Waals surface area contributed by atoms with Gasteiger partial charge < -0.3 is 4.74 Å². The zero-order valence-corrected chi connectivity index (χ0v) is 13.3. The maximum atomic E-state index is 5.69. The third-order valence-electron chi connectivity index (χ3n) is 3.05. The number of rotatable bonds is 5. The molecule has 5 heteroatoms. The predicted molar refractivity (Wildman–Crippen MR) is 83.5 cm³/mol. The van der Waals surface area contributed by atoms with Gasteiger partial charge in [-0.25, -0.2) is 0 Å². The Labute approximate surface area is 125 Å². The van der Waals surface area contributed by atoms with Gasteiger partial charge in [0.05, 0.1) is 13.2 Å². The van der Waals surface area contributed by atoms with Gasteiger partial charge >= 0.3 is 0 Å². The Morgan fingerprint density at radius 3 is 2.74 bits per heavy atom. The summed E-state index contributed by atoms with van der Waals surface area (Å²) in [6.45, 7) is 2.04. The van der Waals surface area contributed by atoms with E-state index in [2.05, 4.69) is 44.9 Å². The van der Waals surface area contributed by atoms with Gasteiger partial charge in [0, 0.05) is 21.2 Å². The van der Waals surface area contributed by atoms with Crippen LogP contribution < -0.4 is 16.0 Å². The first-order valence-electron chi connectivity index (χ1n) is 5.97. The summed E-state index contributed by atoms with van der Waals surface area (Å²) in [5.41, 5.74) is 5.18. The van der Waals surface area contributed by atoms with Crippen LogP contribution in [0.4, 0.5) is 0 Å². The minimum absolute atomic E-state index is 0.107. The lowest BCUT2D eigenvalue weighted by Crippen LogP contribution is -2.29. The van der Waals surface area contributed by atoms with Gasteiger partial charge in [0.1, 0.15) is 5.75 Å². The second kappa shape index (κ2) is 6.52. The largest absolute Gasteiger partial charge is 0.496 e. The van der Waals surface area contributed by atoms with Gasteiger partial charge in [-0.2, -0.15) is 0 Å². The summed E-state index contributed by atoms with van der Waals surface area (Å²) < 4.78 is 6.40. The molecule has 3 nitrogen and oxygen atoms in total. The smallest absolute Gasteiger partial charge is 0.121 e. The van der Waals surface area contributed by atoms with Crippen molar-refractivity contribution >= 4 is 27.3 Å². The molecule has 1 heterocycles. The number of hydrazine groups is 1. The lowest BCUT2D eigenvalue weighted by molar-refractivity contribution is 0.411. The number of halogens is 1. The summed E-state index contributed by atoms with van der Waals surface area (Å²) in [6.07, 6.45) is 0.874. The first-order valence-corrected chi connectivity index (χ1v) is 7.65. The maximum Gasteiger partial charge on any atom is 0.121 e. The summed E-state index contributed by atoms with van der Waals surface area (Å²) in [7, 11) is 1.68. The molecule has 3 N–H and O–H groups in total. The molecular formula is C14H17BrN2OS. The lowest BCUT2D eigenvalue weighted by atomic mass is 10.0. The van der Waals surface area contributed by atoms with Crippen molar-refractivity contribution in [3.05, 3.63) is 50.1 Å². The van der Waals surface area contributed by atoms with Gasteiger partial charge in [0.25, 0.3) is 0 Å². The molecule has 1 aromatic carbocycles. The van der Waals surface area contributed by atoms with Gasteiger partial charge in [0.15, 0.2) is 0 Å². The highest BCUT2D eigenvalue weighted by atomic mass is 79.9. The molecule has 0 saturated carbocycles. The van der Waals surface area contributed by atoms with Crippen molar-refractivity contribution < 1.29 is 4.74 Å². The first-order chi connectivity index (χ1) is 9.13. The highest BCUT2D eigenvalue weighted by Crippen LogP contribution is 2.27. The Hall–Kier alpha value is -0.880. The minimum atomic E-state index is 0.107. The summed E-state index contributed by atoms with van der Waals surface area (Å²) in [5, 5.41) is 2.09. The van der Waals surface area contributed by atoms with Crippen LogP contribution in [0.15, 0.2) is 34.1 Å². The molecule has 1 atom stereocenters. The molecule has 0 aliphatic heterocycles. The summed E-state index contributed by atoms with van der Waals surface area (Å²) >= 11 is 5.21. The number of methoxy groups -OCH3 is 1. The zero-order valence-electron chi connectivity index (χ0n) is 10.9. The van der Waals surface area contributed by atoms with Crippen LogP contribution in [0.2, 0.25) is 0 Å². The van der Waals surface area contributed by atoms with Gasteiger partial charge in [-0.1, -0.05) is 12.1 Å². The highest BCUT2D eigenvalue weighted by molar-refractivity contribution is 9.10. The maximum absolute atomic E-state index is 5.69. The predicted octanol–water partition coefficient (Wildman–Crippen LogP) is 3.57. The molecule has 0 amide bonds. The monoisotopic (exact) mass is 340 g/mol. The van der Waals surface area contributed by atoms with E-state index in [0.717, 1.165) is 22.2 Å². The summed E-state index contributed by atoms with van der Waals surface area (Å²) in [4.78, 5) is 1.29. The molecule has 0 spiro atoms. The van der Waals surface area contributed by atoms with Crippen LogP contribution in [0.5, 0.6) is 5.75 Å². The molecule has 102 valence electrons. The lowest BCUT2D eigenvalue weighted by Gasteiger charge is -2.17. The number of hydrogen-bond donors (Lipinski definition) is 2. The van der Waals surface area contributed by atoms with Crippen molar-refractivity contribution in [1.82, 2.24) is 5.43 Å². The molecule has 1 aromatic heterocycles. The SMILES string of the molecule is COc1ccc(C(Cc2cc(Br)cs2)NN)cc1C. The Bertz CT molecular complexity index is 556. The molecular weight excluding hydrogens is 324 g/mol. The normalized spacial score (nSPS) is 12.4. The van der Waals surface area contributed by atoms with E-state index in [1.165, 1.54) is 10.4 Å². The third-order valence-corrected chi connectivity index (χ3v) is 4.77. The zero-order chi connectivity index (χ0) is 13.8. The molecule has 0 bridgehead atoms. The van der Waals surface area contributed by atoms with Gasteiger partial charge in [-0.05, 0) is 46.1 Å². The van der Waals surface area contributed by atoms with Gasteiger partial charge in [-0.3, -0.25) is 11.3 Å². The molecule has 0 fully saturated rings. The molecule has 0 aliphatic rings. The van der Waals surface area contributed by atoms with Crippen molar-refractivity contribution in [2.75, 3.05) is 7.11 Å². The van der Waals surface area contributed by atoms with Crippen molar-refractivity contribution in [1.29, 1.82) is 0 Å². The van der Waals surface area contributed by atoms with Crippen LogP contribution in [0, 0.1) is 6.92 Å². The minimum Gasteiger partial charge on any atom is -0.496 e. The van der Waals surface area contributed by atoms with E-state index < -0.39 is 0 Å². The van der Waals surface area contributed by atoms with Crippen LogP contribution in [0.3, 0.4) is 0 Å². The Kier molecular flexibility index (Phi) is 4.99. The topological polar surface area (TPSA) is 47.3 Å². The third kappa shape index (κ3) is 3.57. The van der Waals surface area contributed by atoms with Crippen LogP contribution in [0.1, 0.15) is 22.0 Å². The Balaban J connectivity index is 2.19. The van der Waals surface area contributed by atoms with Crippen LogP contribution in [-0.2, 0) is 6.42 Å². The number of aryl methyl sites for hydroxylation is 1. The van der Waals surface area contributed by atoms with Crippen LogP contribution in [0.25, 0.3) is 0 Å². The standard InChI is InChI=1S/C14H17BrN2OS/c1-9-5-10(3-4-14(9)18-2)13(17-16)7-12-6-11(15)8-19-12/h3-6,8,13,17H,7,16H2,1-2H3. The number of thiophene rings is 1. The van der Waals surface area contributed by atoms with Gasteiger partial charge in [0.2, 0.25) is 0 Å². The number of ether oxygens (including phenoxy) is 1. The molecule has 2 rings (SSSR count). The Morgan fingerprint density at radius 2 is 2.21 bits per heavy atom. The molecule has 2 aromatic rings. The van der Waals surface area contributed by atoms with E-state index in [-0.39, 0.29) is 6.04 Å².